The third-order valence-corrected chi connectivity index (χ3v) is 10.1. The van der Waals surface area contributed by atoms with Crippen LogP contribution >= 0.6 is 0 Å². The highest BCUT2D eigenvalue weighted by molar-refractivity contribution is 5.71. The molecule has 0 aliphatic carbocycles. The topological polar surface area (TPSA) is 78.9 Å². The van der Waals surface area contributed by atoms with Crippen molar-refractivity contribution in [1.82, 2.24) is 0 Å². The lowest BCUT2D eigenvalue weighted by Gasteiger charge is -2.18. The molecule has 0 N–H and O–H groups in total. The normalized spacial score (nSPS) is 13.2. The molecule has 0 fully saturated rings. The van der Waals surface area contributed by atoms with Crippen LogP contribution in [0.2, 0.25) is 0 Å². The third kappa shape index (κ3) is 50.4. The molecule has 1 unspecified atom stereocenters. The number of ether oxygens (including phenoxy) is 3. The standard InChI is InChI=1S/C59H92O6/c1-4-7-10-13-16-19-22-25-27-28-29-30-32-34-37-40-43-46-49-52-58(61)64-55-56(54-63-57(60)51-48-45-42-39-36-33-24-21-18-15-12-9-6-3)65-59(62)53-50-47-44-41-38-35-31-26-23-20-17-14-11-8-5-2/h7-12,16-21,25-27,29-31,33,36,38,41,56H,4-6,13-15,22-24,28,32,34-35,37,39-40,42-55H2,1-3H3/b10-7-,11-8-,12-9-,19-16-,20-17-,21-18-,27-25-,30-29-,31-26-,36-33-,41-38-. The molecule has 1 atom stereocenters. The van der Waals surface area contributed by atoms with Gasteiger partial charge >= 0.3 is 17.9 Å². The van der Waals surface area contributed by atoms with Crippen LogP contribution in [0.15, 0.2) is 134 Å². The quantitative estimate of drug-likeness (QED) is 0.0262. The second kappa shape index (κ2) is 52.2. The molecule has 364 valence electrons. The highest BCUT2D eigenvalue weighted by Gasteiger charge is 2.19. The van der Waals surface area contributed by atoms with Crippen LogP contribution < -0.4 is 0 Å². The zero-order valence-electron chi connectivity index (χ0n) is 41.4. The maximum atomic E-state index is 12.8. The van der Waals surface area contributed by atoms with Crippen LogP contribution in [0, 0.1) is 0 Å². The molecule has 0 radical (unpaired) electrons. The van der Waals surface area contributed by atoms with Crippen molar-refractivity contribution in [2.24, 2.45) is 0 Å². The first kappa shape index (κ1) is 60.5. The molecule has 6 heteroatoms. The first-order valence-corrected chi connectivity index (χ1v) is 25.7. The van der Waals surface area contributed by atoms with Gasteiger partial charge in [0.05, 0.1) is 0 Å². The molecule has 0 rings (SSSR count). The van der Waals surface area contributed by atoms with E-state index in [0.717, 1.165) is 141 Å². The number of rotatable bonds is 44. The van der Waals surface area contributed by atoms with Gasteiger partial charge in [-0.15, -0.1) is 0 Å². The minimum absolute atomic E-state index is 0.117. The van der Waals surface area contributed by atoms with Crippen molar-refractivity contribution in [3.63, 3.8) is 0 Å². The van der Waals surface area contributed by atoms with Crippen LogP contribution in [-0.4, -0.2) is 37.2 Å². The predicted octanol–water partition coefficient (Wildman–Crippen LogP) is 17.1. The maximum Gasteiger partial charge on any atom is 0.306 e. The number of hydrogen-bond donors (Lipinski definition) is 0. The van der Waals surface area contributed by atoms with E-state index in [-0.39, 0.29) is 37.5 Å². The zero-order chi connectivity index (χ0) is 47.2. The lowest BCUT2D eigenvalue weighted by molar-refractivity contribution is -0.167. The Morgan fingerprint density at radius 1 is 0.308 bits per heavy atom. The first-order chi connectivity index (χ1) is 32.0. The van der Waals surface area contributed by atoms with Gasteiger partial charge in [-0.2, -0.15) is 0 Å². The fourth-order valence-corrected chi connectivity index (χ4v) is 6.38. The molecule has 0 bridgehead atoms. The maximum absolute atomic E-state index is 12.8. The Morgan fingerprint density at radius 3 is 0.908 bits per heavy atom. The number of hydrogen-bond acceptors (Lipinski definition) is 6. The Balaban J connectivity index is 4.52. The van der Waals surface area contributed by atoms with Crippen molar-refractivity contribution < 1.29 is 28.6 Å². The van der Waals surface area contributed by atoms with E-state index in [0.29, 0.717) is 19.3 Å². The van der Waals surface area contributed by atoms with E-state index < -0.39 is 6.10 Å². The molecular formula is C59H92O6. The average Bonchev–Trinajstić information content (AvgIpc) is 3.30. The number of allylic oxidation sites excluding steroid dienone is 22. The Kier molecular flexibility index (Phi) is 48.6. The van der Waals surface area contributed by atoms with E-state index in [1.54, 1.807) is 0 Å². The van der Waals surface area contributed by atoms with Crippen LogP contribution in [0.1, 0.15) is 201 Å². The summed E-state index contributed by atoms with van der Waals surface area (Å²) in [6.07, 6.45) is 72.9. The molecule has 0 saturated carbocycles. The van der Waals surface area contributed by atoms with Gasteiger partial charge in [0, 0.05) is 19.3 Å². The van der Waals surface area contributed by atoms with Gasteiger partial charge in [-0.25, -0.2) is 0 Å². The van der Waals surface area contributed by atoms with Crippen LogP contribution in [-0.2, 0) is 28.6 Å². The lowest BCUT2D eigenvalue weighted by atomic mass is 10.1. The zero-order valence-corrected chi connectivity index (χ0v) is 41.4. The summed E-state index contributed by atoms with van der Waals surface area (Å²) in [6, 6.07) is 0. The Morgan fingerprint density at radius 2 is 0.554 bits per heavy atom. The van der Waals surface area contributed by atoms with Gasteiger partial charge in [0.15, 0.2) is 6.10 Å². The molecular weight excluding hydrogens is 805 g/mol. The summed E-state index contributed by atoms with van der Waals surface area (Å²) in [5.41, 5.74) is 0. The van der Waals surface area contributed by atoms with E-state index in [1.807, 2.05) is 0 Å². The number of esters is 3. The molecule has 0 aliphatic rings. The molecule has 0 spiro atoms. The number of carbonyl (C=O) groups excluding carboxylic acids is 3. The van der Waals surface area contributed by atoms with Gasteiger partial charge in [-0.1, -0.05) is 187 Å². The Labute approximate surface area is 398 Å². The molecule has 65 heavy (non-hydrogen) atoms. The molecule has 0 aromatic heterocycles. The molecule has 0 heterocycles. The molecule has 0 aromatic carbocycles. The highest BCUT2D eigenvalue weighted by Crippen LogP contribution is 2.12. The summed E-state index contributed by atoms with van der Waals surface area (Å²) in [5.74, 6) is -1.01. The van der Waals surface area contributed by atoms with E-state index in [1.165, 1.54) is 12.8 Å². The second-order valence-corrected chi connectivity index (χ2v) is 16.3. The van der Waals surface area contributed by atoms with Gasteiger partial charge in [0.25, 0.3) is 0 Å². The van der Waals surface area contributed by atoms with Crippen molar-refractivity contribution in [1.29, 1.82) is 0 Å². The molecule has 0 aromatic rings. The smallest absolute Gasteiger partial charge is 0.306 e. The van der Waals surface area contributed by atoms with Crippen LogP contribution in [0.3, 0.4) is 0 Å². The van der Waals surface area contributed by atoms with E-state index >= 15 is 0 Å². The van der Waals surface area contributed by atoms with Crippen LogP contribution in [0.25, 0.3) is 0 Å². The molecule has 6 nitrogen and oxygen atoms in total. The van der Waals surface area contributed by atoms with Crippen molar-refractivity contribution in [3.05, 3.63) is 134 Å². The van der Waals surface area contributed by atoms with Crippen molar-refractivity contribution >= 4 is 17.9 Å². The molecule has 0 saturated heterocycles. The number of unbranched alkanes of at least 4 members (excludes halogenated alkanes) is 11. The minimum Gasteiger partial charge on any atom is -0.462 e. The monoisotopic (exact) mass is 897 g/mol. The van der Waals surface area contributed by atoms with E-state index in [2.05, 4.69) is 154 Å². The third-order valence-electron chi connectivity index (χ3n) is 10.1. The summed E-state index contributed by atoms with van der Waals surface area (Å²) in [7, 11) is 0. The second-order valence-electron chi connectivity index (χ2n) is 16.3. The summed E-state index contributed by atoms with van der Waals surface area (Å²) in [5, 5.41) is 0. The predicted molar refractivity (Wildman–Crippen MR) is 279 cm³/mol. The van der Waals surface area contributed by atoms with Gasteiger partial charge < -0.3 is 14.2 Å². The average molecular weight is 897 g/mol. The fraction of sp³-hybridized carbons (Fsp3) is 0.576. The molecule has 0 aliphatic heterocycles. The van der Waals surface area contributed by atoms with Gasteiger partial charge in [0.2, 0.25) is 0 Å². The van der Waals surface area contributed by atoms with Gasteiger partial charge in [-0.3, -0.25) is 14.4 Å². The number of carbonyl (C=O) groups is 3. The summed E-state index contributed by atoms with van der Waals surface area (Å²) in [6.45, 7) is 6.20. The van der Waals surface area contributed by atoms with Crippen molar-refractivity contribution in [2.45, 2.75) is 207 Å². The SMILES string of the molecule is CC/C=C\C/C=C\C/C=C\C/C=C\CCCCCCCCC(=O)OCC(COC(=O)CCCCC/C=C\C/C=C\C/C=C\CC)OC(=O)CCCC/C=C\C/C=C\C/C=C\C/C=C\CC. The van der Waals surface area contributed by atoms with E-state index in [4.69, 9.17) is 14.2 Å². The molecule has 0 amide bonds. The summed E-state index contributed by atoms with van der Waals surface area (Å²) in [4.78, 5) is 38.0. The van der Waals surface area contributed by atoms with E-state index in [9.17, 15) is 14.4 Å². The minimum atomic E-state index is -0.822. The Bertz CT molecular complexity index is 1450. The van der Waals surface area contributed by atoms with Crippen LogP contribution in [0.5, 0.6) is 0 Å². The first-order valence-electron chi connectivity index (χ1n) is 25.7. The fourth-order valence-electron chi connectivity index (χ4n) is 6.38. The summed E-state index contributed by atoms with van der Waals surface area (Å²) < 4.78 is 16.7. The van der Waals surface area contributed by atoms with Crippen molar-refractivity contribution in [3.8, 4) is 0 Å². The van der Waals surface area contributed by atoms with Crippen LogP contribution in [0.4, 0.5) is 0 Å². The van der Waals surface area contributed by atoms with Gasteiger partial charge in [0.1, 0.15) is 13.2 Å². The Hall–Kier alpha value is -4.45. The largest absolute Gasteiger partial charge is 0.462 e. The highest BCUT2D eigenvalue weighted by atomic mass is 16.6. The van der Waals surface area contributed by atoms with Gasteiger partial charge in [-0.05, 0) is 128 Å². The lowest BCUT2D eigenvalue weighted by Crippen LogP contribution is -2.30. The van der Waals surface area contributed by atoms with Crippen molar-refractivity contribution in [2.75, 3.05) is 13.2 Å². The summed E-state index contributed by atoms with van der Waals surface area (Å²) >= 11 is 0.